The number of rotatable bonds is 12. The van der Waals surface area contributed by atoms with Crippen molar-refractivity contribution in [1.29, 1.82) is 0 Å². The summed E-state index contributed by atoms with van der Waals surface area (Å²) >= 11 is 0. The average molecular weight is 419 g/mol. The molecule has 0 bridgehead atoms. The number of benzene rings is 1. The van der Waals surface area contributed by atoms with Gasteiger partial charge >= 0.3 is 5.97 Å². The highest BCUT2D eigenvalue weighted by molar-refractivity contribution is 5.78. The summed E-state index contributed by atoms with van der Waals surface area (Å²) in [5.74, 6) is 1.26. The molecule has 2 rings (SSSR count). The molecular weight excluding hydrogens is 384 g/mol. The first-order valence-electron chi connectivity index (χ1n) is 10.4. The molecule has 8 nitrogen and oxygen atoms in total. The lowest BCUT2D eigenvalue weighted by Crippen LogP contribution is -2.23. The topological polar surface area (TPSA) is 109 Å². The highest BCUT2D eigenvalue weighted by Crippen LogP contribution is 2.22. The molecule has 0 fully saturated rings. The molecule has 8 heteroatoms. The zero-order valence-corrected chi connectivity index (χ0v) is 18.5. The molecule has 1 heterocycles. The second-order valence-electron chi connectivity index (χ2n) is 8.04. The van der Waals surface area contributed by atoms with Crippen LogP contribution in [0.2, 0.25) is 0 Å². The first kappa shape index (κ1) is 23.8. The standard InChI is InChI=1S/C22H34N4O4/c1-22(2,3)30-20(27)8-6-5-7-11-24-21-19(15-23)25-17-10-9-16(14-18(17)26-21)29-13-12-28-4/h9-10,14H,5-8,11-13,15,23H2,1-4H3,(H,24,26). The zero-order chi connectivity index (χ0) is 22.0. The van der Waals surface area contributed by atoms with Crippen LogP contribution < -0.4 is 15.8 Å². The van der Waals surface area contributed by atoms with Gasteiger partial charge in [-0.15, -0.1) is 0 Å². The summed E-state index contributed by atoms with van der Waals surface area (Å²) < 4.78 is 16.0. The number of hydrogen-bond acceptors (Lipinski definition) is 8. The van der Waals surface area contributed by atoms with Gasteiger partial charge in [0, 0.05) is 32.7 Å². The molecule has 0 aliphatic carbocycles. The maximum Gasteiger partial charge on any atom is 0.306 e. The number of nitrogens with zero attached hydrogens (tertiary/aromatic N) is 2. The largest absolute Gasteiger partial charge is 0.491 e. The van der Waals surface area contributed by atoms with Gasteiger partial charge in [-0.05, 0) is 45.7 Å². The maximum absolute atomic E-state index is 11.7. The number of nitrogens with one attached hydrogen (secondary N) is 1. The van der Waals surface area contributed by atoms with E-state index in [2.05, 4.69) is 15.3 Å². The van der Waals surface area contributed by atoms with Gasteiger partial charge in [-0.3, -0.25) is 4.79 Å². The van der Waals surface area contributed by atoms with Gasteiger partial charge in [-0.2, -0.15) is 0 Å². The van der Waals surface area contributed by atoms with Crippen LogP contribution in [0.3, 0.4) is 0 Å². The van der Waals surface area contributed by atoms with Crippen molar-refractivity contribution in [1.82, 2.24) is 9.97 Å². The van der Waals surface area contributed by atoms with Crippen molar-refractivity contribution in [2.75, 3.05) is 32.2 Å². The molecule has 2 aromatic rings. The van der Waals surface area contributed by atoms with Gasteiger partial charge in [0.2, 0.25) is 0 Å². The quantitative estimate of drug-likeness (QED) is 0.399. The van der Waals surface area contributed by atoms with Gasteiger partial charge in [0.05, 0.1) is 23.3 Å². The number of unbranched alkanes of at least 4 members (excludes halogenated alkanes) is 2. The zero-order valence-electron chi connectivity index (χ0n) is 18.5. The average Bonchev–Trinajstić information content (AvgIpc) is 2.68. The highest BCUT2D eigenvalue weighted by Gasteiger charge is 2.15. The lowest BCUT2D eigenvalue weighted by molar-refractivity contribution is -0.154. The van der Waals surface area contributed by atoms with E-state index in [9.17, 15) is 4.79 Å². The van der Waals surface area contributed by atoms with Crippen LogP contribution >= 0.6 is 0 Å². The normalized spacial score (nSPS) is 11.5. The van der Waals surface area contributed by atoms with Crippen molar-refractivity contribution in [3.63, 3.8) is 0 Å². The van der Waals surface area contributed by atoms with Crippen LogP contribution in [-0.2, 0) is 20.8 Å². The van der Waals surface area contributed by atoms with E-state index in [1.165, 1.54) is 0 Å². The summed E-state index contributed by atoms with van der Waals surface area (Å²) in [4.78, 5) is 21.0. The van der Waals surface area contributed by atoms with Crippen LogP contribution in [0.4, 0.5) is 5.82 Å². The van der Waals surface area contributed by atoms with Crippen molar-refractivity contribution in [2.24, 2.45) is 5.73 Å². The number of esters is 1. The Balaban J connectivity index is 1.87. The Hall–Kier alpha value is -2.45. The number of anilines is 1. The number of hydrogen-bond donors (Lipinski definition) is 2. The first-order chi connectivity index (χ1) is 14.3. The predicted octanol–water partition coefficient (Wildman–Crippen LogP) is 3.43. The smallest absolute Gasteiger partial charge is 0.306 e. The molecule has 0 amide bonds. The van der Waals surface area contributed by atoms with Crippen molar-refractivity contribution in [3.8, 4) is 5.75 Å². The Morgan fingerprint density at radius 1 is 1.10 bits per heavy atom. The highest BCUT2D eigenvalue weighted by atomic mass is 16.6. The number of methoxy groups -OCH3 is 1. The summed E-state index contributed by atoms with van der Waals surface area (Å²) in [5, 5.41) is 3.32. The number of carbonyl (C=O) groups is 1. The third-order valence-corrected chi connectivity index (χ3v) is 4.23. The lowest BCUT2D eigenvalue weighted by Gasteiger charge is -2.19. The van der Waals surface area contributed by atoms with Crippen LogP contribution in [0.25, 0.3) is 11.0 Å². The number of ether oxygens (including phenoxy) is 3. The van der Waals surface area contributed by atoms with E-state index < -0.39 is 5.60 Å². The van der Waals surface area contributed by atoms with Crippen molar-refractivity contribution in [2.45, 2.75) is 58.6 Å². The van der Waals surface area contributed by atoms with Crippen LogP contribution in [0.5, 0.6) is 5.75 Å². The van der Waals surface area contributed by atoms with Gasteiger partial charge in [0.1, 0.15) is 23.8 Å². The van der Waals surface area contributed by atoms with E-state index in [1.54, 1.807) is 7.11 Å². The molecule has 30 heavy (non-hydrogen) atoms. The third kappa shape index (κ3) is 8.12. The Morgan fingerprint density at radius 3 is 2.60 bits per heavy atom. The van der Waals surface area contributed by atoms with E-state index in [0.29, 0.717) is 32.0 Å². The molecule has 0 radical (unpaired) electrons. The van der Waals surface area contributed by atoms with Crippen LogP contribution in [-0.4, -0.2) is 48.4 Å². The molecule has 0 unspecified atom stereocenters. The number of nitrogens with two attached hydrogens (primary N) is 1. The molecule has 166 valence electrons. The Labute approximate surface area is 178 Å². The summed E-state index contributed by atoms with van der Waals surface area (Å²) in [6.45, 7) is 7.66. The van der Waals surface area contributed by atoms with Crippen LogP contribution in [0.1, 0.15) is 52.1 Å². The fourth-order valence-electron chi connectivity index (χ4n) is 2.86. The number of aromatic nitrogens is 2. The predicted molar refractivity (Wildman–Crippen MR) is 118 cm³/mol. The SMILES string of the molecule is COCCOc1ccc2nc(CN)c(NCCCCCC(=O)OC(C)(C)C)nc2c1. The van der Waals surface area contributed by atoms with Crippen molar-refractivity contribution in [3.05, 3.63) is 23.9 Å². The van der Waals surface area contributed by atoms with E-state index in [4.69, 9.17) is 19.9 Å². The van der Waals surface area contributed by atoms with Crippen molar-refractivity contribution >= 4 is 22.8 Å². The maximum atomic E-state index is 11.7. The molecule has 0 aliphatic rings. The number of carbonyl (C=O) groups excluding carboxylic acids is 1. The van der Waals surface area contributed by atoms with Gasteiger partial charge in [-0.1, -0.05) is 6.42 Å². The van der Waals surface area contributed by atoms with E-state index in [-0.39, 0.29) is 5.97 Å². The molecule has 0 atom stereocenters. The molecular formula is C22H34N4O4. The molecule has 0 aliphatic heterocycles. The molecule has 0 saturated heterocycles. The fourth-order valence-corrected chi connectivity index (χ4v) is 2.86. The Morgan fingerprint density at radius 2 is 1.90 bits per heavy atom. The molecule has 1 aromatic heterocycles. The van der Waals surface area contributed by atoms with Crippen LogP contribution in [0.15, 0.2) is 18.2 Å². The monoisotopic (exact) mass is 418 g/mol. The summed E-state index contributed by atoms with van der Waals surface area (Å²) in [6, 6.07) is 5.61. The fraction of sp³-hybridized carbons (Fsp3) is 0.591. The minimum absolute atomic E-state index is 0.148. The molecule has 0 spiro atoms. The van der Waals surface area contributed by atoms with Crippen LogP contribution in [0, 0.1) is 0 Å². The molecule has 0 saturated carbocycles. The summed E-state index contributed by atoms with van der Waals surface area (Å²) in [7, 11) is 1.64. The van der Waals surface area contributed by atoms with Gasteiger partial charge < -0.3 is 25.3 Å². The Kier molecular flexibility index (Phi) is 9.26. The Bertz CT molecular complexity index is 821. The minimum atomic E-state index is -0.430. The van der Waals surface area contributed by atoms with Crippen molar-refractivity contribution < 1.29 is 19.0 Å². The van der Waals surface area contributed by atoms with E-state index in [1.807, 2.05) is 39.0 Å². The molecule has 1 aromatic carbocycles. The second kappa shape index (κ2) is 11.7. The van der Waals surface area contributed by atoms with Gasteiger partial charge in [-0.25, -0.2) is 9.97 Å². The van der Waals surface area contributed by atoms with E-state index >= 15 is 0 Å². The number of fused-ring (bicyclic) bond motifs is 1. The minimum Gasteiger partial charge on any atom is -0.491 e. The third-order valence-electron chi connectivity index (χ3n) is 4.23. The van der Waals surface area contributed by atoms with E-state index in [0.717, 1.165) is 48.3 Å². The molecule has 3 N–H and O–H groups in total. The van der Waals surface area contributed by atoms with Gasteiger partial charge in [0.25, 0.3) is 0 Å². The first-order valence-corrected chi connectivity index (χ1v) is 10.4. The lowest BCUT2D eigenvalue weighted by atomic mass is 10.1. The summed E-state index contributed by atoms with van der Waals surface area (Å²) in [6.07, 6.45) is 3.06. The summed E-state index contributed by atoms with van der Waals surface area (Å²) in [5.41, 5.74) is 7.67. The van der Waals surface area contributed by atoms with Gasteiger partial charge in [0.15, 0.2) is 0 Å². The second-order valence-corrected chi connectivity index (χ2v) is 8.04.